The Morgan fingerprint density at radius 1 is 1.13 bits per heavy atom. The molecule has 122 valence electrons. The van der Waals surface area contributed by atoms with E-state index in [4.69, 9.17) is 4.74 Å². The highest BCUT2D eigenvalue weighted by Gasteiger charge is 2.19. The maximum atomic E-state index is 9.41. The molecule has 1 heterocycles. The summed E-state index contributed by atoms with van der Waals surface area (Å²) in [5, 5.41) is 18.3. The number of hydrogen-bond acceptors (Lipinski definition) is 5. The summed E-state index contributed by atoms with van der Waals surface area (Å²) in [7, 11) is 0. The molecule has 0 atom stereocenters. The quantitative estimate of drug-likeness (QED) is 0.749. The average Bonchev–Trinajstić information content (AvgIpc) is 2.99. The second-order valence-electron chi connectivity index (χ2n) is 5.16. The predicted octanol–water partition coefficient (Wildman–Crippen LogP) is 3.16. The van der Waals surface area contributed by atoms with Crippen LogP contribution in [0.5, 0.6) is 5.75 Å². The third kappa shape index (κ3) is 3.81. The molecule has 6 nitrogen and oxygen atoms in total. The van der Waals surface area contributed by atoms with Gasteiger partial charge in [0.05, 0.1) is 6.61 Å². The second kappa shape index (κ2) is 8.18. The van der Waals surface area contributed by atoms with Gasteiger partial charge in [0.25, 0.3) is 0 Å². The summed E-state index contributed by atoms with van der Waals surface area (Å²) in [6, 6.07) is 9.74. The van der Waals surface area contributed by atoms with Gasteiger partial charge >= 0.3 is 0 Å². The molecule has 0 saturated heterocycles. The zero-order valence-electron chi connectivity index (χ0n) is 14.0. The summed E-state index contributed by atoms with van der Waals surface area (Å²) < 4.78 is 5.63. The molecule has 1 aromatic carbocycles. The van der Waals surface area contributed by atoms with E-state index < -0.39 is 0 Å². The van der Waals surface area contributed by atoms with Crippen molar-refractivity contribution in [1.29, 1.82) is 5.26 Å². The van der Waals surface area contributed by atoms with E-state index in [2.05, 4.69) is 35.0 Å². The standard InChI is InChI=1S/C17H23N5O/c1-4-11-21(12-5-2)17-14(13-18)19-22(20-17)15-9-7-8-10-16(15)23-6-3/h7-10H,4-6,11-12H2,1-3H3. The van der Waals surface area contributed by atoms with Crippen LogP contribution in [-0.4, -0.2) is 34.7 Å². The number of ether oxygens (including phenoxy) is 1. The van der Waals surface area contributed by atoms with Crippen molar-refractivity contribution in [3.8, 4) is 17.5 Å². The monoisotopic (exact) mass is 313 g/mol. The topological polar surface area (TPSA) is 67.0 Å². The molecule has 0 aliphatic rings. The minimum absolute atomic E-state index is 0.346. The summed E-state index contributed by atoms with van der Waals surface area (Å²) in [4.78, 5) is 3.61. The highest BCUT2D eigenvalue weighted by Crippen LogP contribution is 2.24. The first-order chi connectivity index (χ1) is 11.2. The lowest BCUT2D eigenvalue weighted by molar-refractivity contribution is 0.337. The summed E-state index contributed by atoms with van der Waals surface area (Å²) in [5.74, 6) is 1.35. The molecule has 1 aromatic heterocycles. The molecule has 0 aliphatic heterocycles. The van der Waals surface area contributed by atoms with Crippen molar-refractivity contribution in [2.45, 2.75) is 33.6 Å². The van der Waals surface area contributed by atoms with Crippen LogP contribution in [0.3, 0.4) is 0 Å². The van der Waals surface area contributed by atoms with E-state index in [1.807, 2.05) is 31.2 Å². The summed E-state index contributed by atoms with van der Waals surface area (Å²) in [6.45, 7) is 8.44. The molecular formula is C17H23N5O. The minimum atomic E-state index is 0.346. The van der Waals surface area contributed by atoms with Crippen LogP contribution in [0, 0.1) is 11.3 Å². The number of benzene rings is 1. The van der Waals surface area contributed by atoms with E-state index in [1.54, 1.807) is 0 Å². The first-order valence-corrected chi connectivity index (χ1v) is 8.09. The molecule has 0 radical (unpaired) electrons. The zero-order valence-corrected chi connectivity index (χ0v) is 14.0. The number of nitrogens with zero attached hydrogens (tertiary/aromatic N) is 5. The molecule has 0 amide bonds. The third-order valence-corrected chi connectivity index (χ3v) is 3.37. The molecule has 0 N–H and O–H groups in total. The summed E-state index contributed by atoms with van der Waals surface area (Å²) >= 11 is 0. The number of para-hydroxylation sites is 2. The van der Waals surface area contributed by atoms with Crippen molar-refractivity contribution in [1.82, 2.24) is 15.0 Å². The lowest BCUT2D eigenvalue weighted by Gasteiger charge is -2.20. The van der Waals surface area contributed by atoms with Crippen LogP contribution in [0.25, 0.3) is 5.69 Å². The van der Waals surface area contributed by atoms with Gasteiger partial charge in [0.15, 0.2) is 5.82 Å². The first kappa shape index (κ1) is 16.8. The van der Waals surface area contributed by atoms with Gasteiger partial charge in [-0.25, -0.2) is 0 Å². The van der Waals surface area contributed by atoms with Gasteiger partial charge in [-0.2, -0.15) is 5.26 Å². The van der Waals surface area contributed by atoms with Crippen LogP contribution in [0.4, 0.5) is 5.82 Å². The molecule has 0 unspecified atom stereocenters. The molecule has 0 spiro atoms. The van der Waals surface area contributed by atoms with E-state index in [-0.39, 0.29) is 0 Å². The van der Waals surface area contributed by atoms with Crippen LogP contribution in [0.1, 0.15) is 39.3 Å². The Bertz CT molecular complexity index is 668. The number of nitriles is 1. The Balaban J connectivity index is 2.45. The number of hydrogen-bond donors (Lipinski definition) is 0. The molecule has 23 heavy (non-hydrogen) atoms. The second-order valence-corrected chi connectivity index (χ2v) is 5.16. The molecule has 2 rings (SSSR count). The maximum absolute atomic E-state index is 9.41. The van der Waals surface area contributed by atoms with E-state index in [0.29, 0.717) is 23.9 Å². The zero-order chi connectivity index (χ0) is 16.7. The average molecular weight is 313 g/mol. The van der Waals surface area contributed by atoms with Crippen molar-refractivity contribution >= 4 is 5.82 Å². The van der Waals surface area contributed by atoms with Crippen molar-refractivity contribution in [3.05, 3.63) is 30.0 Å². The predicted molar refractivity (Wildman–Crippen MR) is 90.0 cm³/mol. The molecule has 2 aromatic rings. The Morgan fingerprint density at radius 2 is 1.83 bits per heavy atom. The van der Waals surface area contributed by atoms with Crippen LogP contribution in [0.15, 0.2) is 24.3 Å². The fourth-order valence-electron chi connectivity index (χ4n) is 2.46. The Kier molecular flexibility index (Phi) is 5.98. The highest BCUT2D eigenvalue weighted by atomic mass is 16.5. The maximum Gasteiger partial charge on any atom is 0.207 e. The molecule has 0 aliphatic carbocycles. The van der Waals surface area contributed by atoms with Crippen LogP contribution < -0.4 is 9.64 Å². The molecule has 6 heteroatoms. The summed E-state index contributed by atoms with van der Waals surface area (Å²) in [5.41, 5.74) is 1.09. The van der Waals surface area contributed by atoms with Crippen LogP contribution in [0.2, 0.25) is 0 Å². The fraction of sp³-hybridized carbons (Fsp3) is 0.471. The van der Waals surface area contributed by atoms with E-state index in [9.17, 15) is 5.26 Å². The van der Waals surface area contributed by atoms with E-state index in [0.717, 1.165) is 31.6 Å². The molecule has 0 bridgehead atoms. The first-order valence-electron chi connectivity index (χ1n) is 8.09. The lowest BCUT2D eigenvalue weighted by Crippen LogP contribution is -2.26. The Labute approximate surface area is 137 Å². The highest BCUT2D eigenvalue weighted by molar-refractivity contribution is 5.52. The Morgan fingerprint density at radius 3 is 2.43 bits per heavy atom. The van der Waals surface area contributed by atoms with E-state index in [1.165, 1.54) is 4.80 Å². The number of rotatable bonds is 8. The van der Waals surface area contributed by atoms with Crippen molar-refractivity contribution in [2.75, 3.05) is 24.6 Å². The van der Waals surface area contributed by atoms with Gasteiger partial charge in [0.2, 0.25) is 5.69 Å². The van der Waals surface area contributed by atoms with Gasteiger partial charge in [0, 0.05) is 13.1 Å². The summed E-state index contributed by atoms with van der Waals surface area (Å²) in [6.07, 6.45) is 1.99. The largest absolute Gasteiger partial charge is 0.492 e. The number of anilines is 1. The van der Waals surface area contributed by atoms with Crippen molar-refractivity contribution < 1.29 is 4.74 Å². The van der Waals surface area contributed by atoms with Crippen molar-refractivity contribution in [2.24, 2.45) is 0 Å². The minimum Gasteiger partial charge on any atom is -0.492 e. The molecule has 0 saturated carbocycles. The normalized spacial score (nSPS) is 10.3. The van der Waals surface area contributed by atoms with Gasteiger partial charge in [0.1, 0.15) is 17.5 Å². The van der Waals surface area contributed by atoms with Gasteiger partial charge in [-0.3, -0.25) is 0 Å². The van der Waals surface area contributed by atoms with Crippen molar-refractivity contribution in [3.63, 3.8) is 0 Å². The fourth-order valence-corrected chi connectivity index (χ4v) is 2.46. The van der Waals surface area contributed by atoms with Crippen LogP contribution in [-0.2, 0) is 0 Å². The van der Waals surface area contributed by atoms with Gasteiger partial charge < -0.3 is 9.64 Å². The SMILES string of the molecule is CCCN(CCC)c1nn(-c2ccccc2OCC)nc1C#N. The van der Waals surface area contributed by atoms with E-state index >= 15 is 0 Å². The molecular weight excluding hydrogens is 290 g/mol. The molecule has 0 fully saturated rings. The smallest absolute Gasteiger partial charge is 0.207 e. The van der Waals surface area contributed by atoms with Gasteiger partial charge in [-0.05, 0) is 31.9 Å². The van der Waals surface area contributed by atoms with Crippen LogP contribution >= 0.6 is 0 Å². The Hall–Kier alpha value is -2.55. The van der Waals surface area contributed by atoms with Gasteiger partial charge in [-0.15, -0.1) is 15.0 Å². The lowest BCUT2D eigenvalue weighted by atomic mass is 10.3. The van der Waals surface area contributed by atoms with Gasteiger partial charge in [-0.1, -0.05) is 26.0 Å². The number of aromatic nitrogens is 3. The third-order valence-electron chi connectivity index (χ3n) is 3.37.